The average molecular weight is 279 g/mol. The van der Waals surface area contributed by atoms with E-state index in [0.717, 1.165) is 18.8 Å². The maximum absolute atomic E-state index is 11.8. The second kappa shape index (κ2) is 7.49. The molecule has 20 heavy (non-hydrogen) atoms. The molecule has 0 aliphatic carbocycles. The van der Waals surface area contributed by atoms with Gasteiger partial charge >= 0.3 is 0 Å². The summed E-state index contributed by atoms with van der Waals surface area (Å²) in [6, 6.07) is 7.15. The zero-order valence-corrected chi connectivity index (χ0v) is 11.8. The van der Waals surface area contributed by atoms with Crippen molar-refractivity contribution in [2.75, 3.05) is 24.5 Å². The number of nitrogens with zero attached hydrogens (tertiary/aromatic N) is 1. The van der Waals surface area contributed by atoms with Gasteiger partial charge in [-0.15, -0.1) is 0 Å². The lowest BCUT2D eigenvalue weighted by Crippen LogP contribution is -2.39. The molecule has 0 heterocycles. The molecule has 1 aromatic rings. The summed E-state index contributed by atoms with van der Waals surface area (Å²) in [6.45, 7) is 5.73. The first-order valence-corrected chi connectivity index (χ1v) is 6.60. The van der Waals surface area contributed by atoms with E-state index in [-0.39, 0.29) is 12.5 Å². The molecular weight excluding hydrogens is 258 g/mol. The van der Waals surface area contributed by atoms with Gasteiger partial charge in [-0.1, -0.05) is 0 Å². The third-order valence-electron chi connectivity index (χ3n) is 3.04. The quantitative estimate of drug-likeness (QED) is 0.660. The fraction of sp³-hybridized carbons (Fsp3) is 0.429. The van der Waals surface area contributed by atoms with Crippen molar-refractivity contribution in [1.82, 2.24) is 5.32 Å². The fourth-order valence-corrected chi connectivity index (χ4v) is 1.80. The van der Waals surface area contributed by atoms with Crippen LogP contribution in [0.2, 0.25) is 0 Å². The van der Waals surface area contributed by atoms with Crippen molar-refractivity contribution in [2.24, 2.45) is 5.73 Å². The van der Waals surface area contributed by atoms with Crippen LogP contribution in [0.1, 0.15) is 24.2 Å². The fourth-order valence-electron chi connectivity index (χ4n) is 1.80. The normalized spacial score (nSPS) is 11.8. The molecule has 0 spiro atoms. The molecule has 1 unspecified atom stereocenters. The Morgan fingerprint density at radius 1 is 1.25 bits per heavy atom. The third kappa shape index (κ3) is 4.24. The minimum absolute atomic E-state index is 0.189. The van der Waals surface area contributed by atoms with Crippen molar-refractivity contribution in [3.8, 4) is 0 Å². The second-order valence-electron chi connectivity index (χ2n) is 4.35. The first-order chi connectivity index (χ1) is 9.49. The Balaban J connectivity index is 2.64. The number of carbonyl (C=O) groups excluding carboxylic acids is 2. The van der Waals surface area contributed by atoms with Gasteiger partial charge in [0.05, 0.1) is 6.54 Å². The van der Waals surface area contributed by atoms with Gasteiger partial charge in [-0.3, -0.25) is 9.59 Å². The lowest BCUT2D eigenvalue weighted by molar-refractivity contribution is -0.125. The Kier molecular flexibility index (Phi) is 5.99. The van der Waals surface area contributed by atoms with Gasteiger partial charge < -0.3 is 21.1 Å². The van der Waals surface area contributed by atoms with Crippen LogP contribution in [0.5, 0.6) is 0 Å². The summed E-state index contributed by atoms with van der Waals surface area (Å²) in [4.78, 5) is 24.6. The summed E-state index contributed by atoms with van der Waals surface area (Å²) >= 11 is 0. The zero-order chi connectivity index (χ0) is 15.1. The lowest BCUT2D eigenvalue weighted by atomic mass is 10.1. The maximum Gasteiger partial charge on any atom is 0.251 e. The standard InChI is InChI=1S/C14H21N3O3/c1-3-17(4-2)11-7-5-10(6-8-11)14(20)16-9-12(18)13(15)19/h5-8,12,18H,3-4,9H2,1-2H3,(H2,15,19)(H,16,20). The van der Waals surface area contributed by atoms with Gasteiger partial charge in [0.1, 0.15) is 6.10 Å². The van der Waals surface area contributed by atoms with E-state index in [1.54, 1.807) is 12.1 Å². The number of amides is 2. The van der Waals surface area contributed by atoms with Crippen molar-refractivity contribution in [1.29, 1.82) is 0 Å². The highest BCUT2D eigenvalue weighted by atomic mass is 16.3. The maximum atomic E-state index is 11.8. The Morgan fingerprint density at radius 3 is 2.25 bits per heavy atom. The Bertz CT molecular complexity index is 455. The average Bonchev–Trinajstić information content (AvgIpc) is 2.46. The van der Waals surface area contributed by atoms with E-state index in [4.69, 9.17) is 5.73 Å². The van der Waals surface area contributed by atoms with Gasteiger partial charge in [0.25, 0.3) is 5.91 Å². The van der Waals surface area contributed by atoms with E-state index in [1.807, 2.05) is 12.1 Å². The van der Waals surface area contributed by atoms with E-state index in [2.05, 4.69) is 24.1 Å². The molecule has 6 heteroatoms. The number of aliphatic hydroxyl groups excluding tert-OH is 1. The van der Waals surface area contributed by atoms with Crippen LogP contribution < -0.4 is 16.0 Å². The first-order valence-electron chi connectivity index (χ1n) is 6.60. The summed E-state index contributed by atoms with van der Waals surface area (Å²) in [5.74, 6) is -1.21. The van der Waals surface area contributed by atoms with Crippen LogP contribution >= 0.6 is 0 Å². The van der Waals surface area contributed by atoms with Gasteiger partial charge in [-0.05, 0) is 38.1 Å². The zero-order valence-electron chi connectivity index (χ0n) is 11.8. The van der Waals surface area contributed by atoms with Crippen molar-refractivity contribution >= 4 is 17.5 Å². The number of primary amides is 1. The van der Waals surface area contributed by atoms with Gasteiger partial charge in [-0.2, -0.15) is 0 Å². The Labute approximate surface area is 118 Å². The van der Waals surface area contributed by atoms with E-state index in [9.17, 15) is 14.7 Å². The molecule has 0 aliphatic rings. The van der Waals surface area contributed by atoms with E-state index in [1.165, 1.54) is 0 Å². The second-order valence-corrected chi connectivity index (χ2v) is 4.35. The predicted molar refractivity (Wildman–Crippen MR) is 77.5 cm³/mol. The minimum atomic E-state index is -1.37. The summed E-state index contributed by atoms with van der Waals surface area (Å²) < 4.78 is 0. The summed E-state index contributed by atoms with van der Waals surface area (Å²) in [6.07, 6.45) is -1.37. The number of anilines is 1. The third-order valence-corrected chi connectivity index (χ3v) is 3.04. The Morgan fingerprint density at radius 2 is 1.80 bits per heavy atom. The monoisotopic (exact) mass is 279 g/mol. The molecule has 6 nitrogen and oxygen atoms in total. The number of hydrogen-bond donors (Lipinski definition) is 3. The van der Waals surface area contributed by atoms with Crippen LogP contribution in [0.3, 0.4) is 0 Å². The number of carbonyl (C=O) groups is 2. The number of hydrogen-bond acceptors (Lipinski definition) is 4. The number of rotatable bonds is 7. The van der Waals surface area contributed by atoms with E-state index >= 15 is 0 Å². The molecule has 0 saturated heterocycles. The highest BCUT2D eigenvalue weighted by molar-refractivity contribution is 5.94. The molecule has 0 fully saturated rings. The molecule has 1 rings (SSSR count). The largest absolute Gasteiger partial charge is 0.381 e. The van der Waals surface area contributed by atoms with Crippen LogP contribution in [-0.2, 0) is 4.79 Å². The van der Waals surface area contributed by atoms with Crippen LogP contribution in [0, 0.1) is 0 Å². The van der Waals surface area contributed by atoms with Crippen LogP contribution in [0.4, 0.5) is 5.69 Å². The van der Waals surface area contributed by atoms with E-state index < -0.39 is 12.0 Å². The molecular formula is C14H21N3O3. The number of aliphatic hydroxyl groups is 1. The number of nitrogens with one attached hydrogen (secondary N) is 1. The first kappa shape index (κ1) is 16.0. The van der Waals surface area contributed by atoms with Crippen LogP contribution in [0.15, 0.2) is 24.3 Å². The van der Waals surface area contributed by atoms with E-state index in [0.29, 0.717) is 5.56 Å². The minimum Gasteiger partial charge on any atom is -0.381 e. The molecule has 0 radical (unpaired) electrons. The SMILES string of the molecule is CCN(CC)c1ccc(C(=O)NCC(O)C(N)=O)cc1. The molecule has 4 N–H and O–H groups in total. The molecule has 0 saturated carbocycles. The van der Waals surface area contributed by atoms with Crippen molar-refractivity contribution in [3.05, 3.63) is 29.8 Å². The lowest BCUT2D eigenvalue weighted by Gasteiger charge is -2.21. The summed E-state index contributed by atoms with van der Waals surface area (Å²) in [5.41, 5.74) is 6.41. The predicted octanol–water partition coefficient (Wildman–Crippen LogP) is 0.109. The highest BCUT2D eigenvalue weighted by Crippen LogP contribution is 2.14. The van der Waals surface area contributed by atoms with Crippen molar-refractivity contribution in [3.63, 3.8) is 0 Å². The van der Waals surface area contributed by atoms with Gasteiger partial charge in [0.15, 0.2) is 0 Å². The Hall–Kier alpha value is -2.08. The molecule has 0 aliphatic heterocycles. The van der Waals surface area contributed by atoms with Crippen LogP contribution in [0.25, 0.3) is 0 Å². The summed E-state index contributed by atoms with van der Waals surface area (Å²) in [7, 11) is 0. The van der Waals surface area contributed by atoms with Gasteiger partial charge in [0.2, 0.25) is 5.91 Å². The van der Waals surface area contributed by atoms with Crippen molar-refractivity contribution < 1.29 is 14.7 Å². The number of nitrogens with two attached hydrogens (primary N) is 1. The van der Waals surface area contributed by atoms with Crippen molar-refractivity contribution in [2.45, 2.75) is 20.0 Å². The molecule has 110 valence electrons. The molecule has 1 atom stereocenters. The molecule has 0 aromatic heterocycles. The highest BCUT2D eigenvalue weighted by Gasteiger charge is 2.13. The number of benzene rings is 1. The smallest absolute Gasteiger partial charge is 0.251 e. The molecule has 1 aromatic carbocycles. The molecule has 2 amide bonds. The van der Waals surface area contributed by atoms with Gasteiger partial charge in [-0.25, -0.2) is 0 Å². The molecule has 0 bridgehead atoms. The van der Waals surface area contributed by atoms with Gasteiger partial charge in [0, 0.05) is 24.3 Å². The van der Waals surface area contributed by atoms with Crippen LogP contribution in [-0.4, -0.2) is 42.7 Å². The summed E-state index contributed by atoms with van der Waals surface area (Å²) in [5, 5.41) is 11.7. The topological polar surface area (TPSA) is 95.7 Å².